The van der Waals surface area contributed by atoms with Crippen molar-refractivity contribution in [3.63, 3.8) is 0 Å². The zero-order chi connectivity index (χ0) is 12.5. The highest BCUT2D eigenvalue weighted by atomic mass is 32.1. The first-order chi connectivity index (χ1) is 7.99. The van der Waals surface area contributed by atoms with Crippen molar-refractivity contribution in [3.05, 3.63) is 21.9 Å². The number of Topliss-reactive ketones (excluding diaryl/α,β-unsaturated/α-hetero) is 1. The van der Waals surface area contributed by atoms with Crippen LogP contribution in [0.5, 0.6) is 0 Å². The fourth-order valence-electron chi connectivity index (χ4n) is 2.02. The summed E-state index contributed by atoms with van der Waals surface area (Å²) in [6.45, 7) is 9.03. The van der Waals surface area contributed by atoms with Crippen molar-refractivity contribution in [1.82, 2.24) is 4.90 Å². The number of thiophene rings is 1. The van der Waals surface area contributed by atoms with E-state index in [9.17, 15) is 4.79 Å². The quantitative estimate of drug-likeness (QED) is 0.774. The zero-order valence-electron chi connectivity index (χ0n) is 10.7. The maximum absolute atomic E-state index is 12.1. The van der Waals surface area contributed by atoms with Gasteiger partial charge in [-0.25, -0.2) is 0 Å². The Bertz CT molecular complexity index is 411. The Morgan fingerprint density at radius 3 is 2.88 bits per heavy atom. The lowest BCUT2D eigenvalue weighted by Gasteiger charge is -2.41. The number of carbonyl (C=O) groups excluding carboxylic acids is 1. The molecule has 0 aromatic carbocycles. The summed E-state index contributed by atoms with van der Waals surface area (Å²) in [7, 11) is 0. The topological polar surface area (TPSA) is 29.5 Å². The average Bonchev–Trinajstić information content (AvgIpc) is 2.68. The lowest BCUT2D eigenvalue weighted by molar-refractivity contribution is -0.0466. The average molecular weight is 253 g/mol. The van der Waals surface area contributed by atoms with Gasteiger partial charge in [-0.1, -0.05) is 0 Å². The minimum atomic E-state index is -0.0415. The van der Waals surface area contributed by atoms with E-state index in [0.29, 0.717) is 13.2 Å². The number of carbonyl (C=O) groups is 1. The minimum Gasteiger partial charge on any atom is -0.378 e. The molecule has 0 N–H and O–H groups in total. The zero-order valence-corrected chi connectivity index (χ0v) is 11.5. The molecule has 1 aromatic rings. The molecule has 1 aliphatic rings. The van der Waals surface area contributed by atoms with Gasteiger partial charge in [-0.2, -0.15) is 0 Å². The molecular formula is C13H19NO2S. The van der Waals surface area contributed by atoms with Gasteiger partial charge in [0.2, 0.25) is 0 Å². The molecule has 1 aromatic heterocycles. The minimum absolute atomic E-state index is 0.0415. The molecule has 4 heteroatoms. The normalized spacial score (nSPS) is 20.4. The molecule has 2 rings (SSSR count). The van der Waals surface area contributed by atoms with E-state index < -0.39 is 0 Å². The van der Waals surface area contributed by atoms with Crippen LogP contribution in [0.25, 0.3) is 0 Å². The van der Waals surface area contributed by atoms with E-state index in [0.717, 1.165) is 18.0 Å². The number of ketones is 1. The Hall–Kier alpha value is -0.710. The largest absolute Gasteiger partial charge is 0.378 e. The Morgan fingerprint density at radius 1 is 1.53 bits per heavy atom. The lowest BCUT2D eigenvalue weighted by Crippen LogP contribution is -2.54. The molecule has 17 heavy (non-hydrogen) atoms. The fourth-order valence-corrected chi connectivity index (χ4v) is 2.82. The van der Waals surface area contributed by atoms with Crippen molar-refractivity contribution in [1.29, 1.82) is 0 Å². The second-order valence-electron chi connectivity index (χ2n) is 5.12. The van der Waals surface area contributed by atoms with Gasteiger partial charge in [-0.15, -0.1) is 11.3 Å². The number of hydrogen-bond acceptors (Lipinski definition) is 4. The van der Waals surface area contributed by atoms with E-state index in [-0.39, 0.29) is 11.3 Å². The first-order valence-electron chi connectivity index (χ1n) is 5.91. The SMILES string of the molecule is Cc1ccc(C(=O)CN2CCOCC2(C)C)s1. The van der Waals surface area contributed by atoms with Gasteiger partial charge in [0.05, 0.1) is 24.6 Å². The molecule has 0 amide bonds. The van der Waals surface area contributed by atoms with E-state index in [1.165, 1.54) is 4.88 Å². The maximum Gasteiger partial charge on any atom is 0.186 e. The molecule has 0 spiro atoms. The highest BCUT2D eigenvalue weighted by Gasteiger charge is 2.31. The van der Waals surface area contributed by atoms with Gasteiger partial charge in [-0.3, -0.25) is 9.69 Å². The number of morpholine rings is 1. The predicted octanol–water partition coefficient (Wildman–Crippen LogP) is 2.35. The van der Waals surface area contributed by atoms with Gasteiger partial charge in [0, 0.05) is 17.0 Å². The Morgan fingerprint density at radius 2 is 2.29 bits per heavy atom. The summed E-state index contributed by atoms with van der Waals surface area (Å²) in [6, 6.07) is 3.93. The molecular weight excluding hydrogens is 234 g/mol. The van der Waals surface area contributed by atoms with E-state index in [1.807, 2.05) is 19.1 Å². The molecule has 0 saturated carbocycles. The van der Waals surface area contributed by atoms with Crippen LogP contribution in [0.4, 0.5) is 0 Å². The van der Waals surface area contributed by atoms with Crippen molar-refractivity contribution < 1.29 is 9.53 Å². The summed E-state index contributed by atoms with van der Waals surface area (Å²) in [4.78, 5) is 16.4. The molecule has 0 aliphatic carbocycles. The molecule has 0 atom stereocenters. The third-order valence-corrected chi connectivity index (χ3v) is 4.21. The van der Waals surface area contributed by atoms with Crippen LogP contribution in [-0.4, -0.2) is 42.5 Å². The molecule has 0 unspecified atom stereocenters. The van der Waals surface area contributed by atoms with Crippen molar-refractivity contribution >= 4 is 17.1 Å². The molecule has 1 aliphatic heterocycles. The maximum atomic E-state index is 12.1. The standard InChI is InChI=1S/C13H19NO2S/c1-10-4-5-12(17-10)11(15)8-14-6-7-16-9-13(14,2)3/h4-5H,6-9H2,1-3H3. The second kappa shape index (κ2) is 4.88. The molecule has 1 saturated heterocycles. The summed E-state index contributed by atoms with van der Waals surface area (Å²) in [5.74, 6) is 0.220. The number of hydrogen-bond donors (Lipinski definition) is 0. The van der Waals surface area contributed by atoms with Crippen LogP contribution < -0.4 is 0 Å². The Balaban J connectivity index is 2.03. The Kier molecular flexibility index (Phi) is 3.66. The van der Waals surface area contributed by atoms with Crippen molar-refractivity contribution in [2.45, 2.75) is 26.3 Å². The number of nitrogens with zero attached hydrogens (tertiary/aromatic N) is 1. The monoisotopic (exact) mass is 253 g/mol. The van der Waals surface area contributed by atoms with Crippen molar-refractivity contribution in [2.75, 3.05) is 26.3 Å². The third-order valence-electron chi connectivity index (χ3n) is 3.17. The van der Waals surface area contributed by atoms with E-state index in [1.54, 1.807) is 11.3 Å². The van der Waals surface area contributed by atoms with E-state index in [4.69, 9.17) is 4.74 Å². The lowest BCUT2D eigenvalue weighted by atomic mass is 10.0. The van der Waals surface area contributed by atoms with Crippen molar-refractivity contribution in [2.24, 2.45) is 0 Å². The van der Waals surface area contributed by atoms with Crippen LogP contribution in [0.3, 0.4) is 0 Å². The predicted molar refractivity (Wildman–Crippen MR) is 69.9 cm³/mol. The van der Waals surface area contributed by atoms with Gasteiger partial charge in [-0.05, 0) is 32.9 Å². The van der Waals surface area contributed by atoms with E-state index in [2.05, 4.69) is 18.7 Å². The molecule has 94 valence electrons. The summed E-state index contributed by atoms with van der Waals surface area (Å²) >= 11 is 1.58. The van der Waals surface area contributed by atoms with Crippen LogP contribution >= 0.6 is 11.3 Å². The molecule has 3 nitrogen and oxygen atoms in total. The smallest absolute Gasteiger partial charge is 0.186 e. The molecule has 1 fully saturated rings. The number of rotatable bonds is 3. The molecule has 0 radical (unpaired) electrons. The summed E-state index contributed by atoms with van der Waals surface area (Å²) in [5, 5.41) is 0. The second-order valence-corrected chi connectivity index (χ2v) is 6.41. The van der Waals surface area contributed by atoms with Gasteiger partial charge < -0.3 is 4.74 Å². The van der Waals surface area contributed by atoms with Gasteiger partial charge in [0.15, 0.2) is 5.78 Å². The van der Waals surface area contributed by atoms with Gasteiger partial charge in [0.25, 0.3) is 0 Å². The Labute approximate surface area is 106 Å². The first kappa shape index (κ1) is 12.7. The highest BCUT2D eigenvalue weighted by molar-refractivity contribution is 7.14. The molecule has 0 bridgehead atoms. The van der Waals surface area contributed by atoms with Crippen molar-refractivity contribution in [3.8, 4) is 0 Å². The number of aryl methyl sites for hydroxylation is 1. The van der Waals surface area contributed by atoms with Crippen LogP contribution in [0, 0.1) is 6.92 Å². The third kappa shape index (κ3) is 2.94. The molecule has 2 heterocycles. The van der Waals surface area contributed by atoms with Gasteiger partial charge >= 0.3 is 0 Å². The van der Waals surface area contributed by atoms with Crippen LogP contribution in [0.15, 0.2) is 12.1 Å². The summed E-state index contributed by atoms with van der Waals surface area (Å²) in [6.07, 6.45) is 0. The summed E-state index contributed by atoms with van der Waals surface area (Å²) in [5.41, 5.74) is -0.0415. The van der Waals surface area contributed by atoms with Crippen LogP contribution in [0.2, 0.25) is 0 Å². The van der Waals surface area contributed by atoms with Crippen LogP contribution in [0.1, 0.15) is 28.4 Å². The van der Waals surface area contributed by atoms with E-state index >= 15 is 0 Å². The van der Waals surface area contributed by atoms with Crippen LogP contribution in [-0.2, 0) is 4.74 Å². The number of ether oxygens (including phenoxy) is 1. The first-order valence-corrected chi connectivity index (χ1v) is 6.73. The summed E-state index contributed by atoms with van der Waals surface area (Å²) < 4.78 is 5.46. The fraction of sp³-hybridized carbons (Fsp3) is 0.615. The van der Waals surface area contributed by atoms with Gasteiger partial charge in [0.1, 0.15) is 0 Å². The highest BCUT2D eigenvalue weighted by Crippen LogP contribution is 2.21.